The molecule has 114 valence electrons. The maximum absolute atomic E-state index is 11.8. The number of carbonyl (C=O) groups is 2. The zero-order chi connectivity index (χ0) is 15.0. The Bertz CT molecular complexity index is 397. The van der Waals surface area contributed by atoms with Gasteiger partial charge in [0.15, 0.2) is 0 Å². The number of hydrogen-bond donors (Lipinski definition) is 2. The van der Waals surface area contributed by atoms with Crippen molar-refractivity contribution in [1.29, 1.82) is 0 Å². The van der Waals surface area contributed by atoms with E-state index in [1.54, 1.807) is 20.8 Å². The summed E-state index contributed by atoms with van der Waals surface area (Å²) < 4.78 is 5.18. The number of rotatable bonds is 2. The predicted octanol–water partition coefficient (Wildman–Crippen LogP) is 3.08. The van der Waals surface area contributed by atoms with Crippen LogP contribution in [0.4, 0.5) is 4.79 Å². The van der Waals surface area contributed by atoms with Gasteiger partial charge in [-0.25, -0.2) is 9.59 Å². The molecule has 0 aliphatic heterocycles. The van der Waals surface area contributed by atoms with Crippen LogP contribution < -0.4 is 5.32 Å². The molecule has 2 fully saturated rings. The molecule has 2 aliphatic rings. The number of carbonyl (C=O) groups excluding carboxylic acids is 1. The van der Waals surface area contributed by atoms with Gasteiger partial charge in [-0.2, -0.15) is 0 Å². The van der Waals surface area contributed by atoms with Crippen molar-refractivity contribution in [3.63, 3.8) is 0 Å². The van der Waals surface area contributed by atoms with Crippen LogP contribution in [0.2, 0.25) is 0 Å². The third kappa shape index (κ3) is 3.07. The van der Waals surface area contributed by atoms with Gasteiger partial charge in [0.25, 0.3) is 0 Å². The van der Waals surface area contributed by atoms with E-state index in [0.29, 0.717) is 12.8 Å². The molecule has 1 amide bonds. The smallest absolute Gasteiger partial charge is 0.408 e. The molecule has 0 aromatic heterocycles. The molecular weight excluding hydrogens is 258 g/mol. The minimum Gasteiger partial charge on any atom is -0.480 e. The van der Waals surface area contributed by atoms with Gasteiger partial charge < -0.3 is 15.2 Å². The molecule has 2 N–H and O–H groups in total. The largest absolute Gasteiger partial charge is 0.480 e. The first-order valence-electron chi connectivity index (χ1n) is 7.41. The average molecular weight is 283 g/mol. The molecule has 5 heteroatoms. The Morgan fingerprint density at radius 2 is 1.65 bits per heavy atom. The highest BCUT2D eigenvalue weighted by atomic mass is 16.6. The monoisotopic (exact) mass is 283 g/mol. The Kier molecular flexibility index (Phi) is 3.73. The van der Waals surface area contributed by atoms with E-state index >= 15 is 0 Å². The van der Waals surface area contributed by atoms with Crippen molar-refractivity contribution < 1.29 is 19.4 Å². The Morgan fingerprint density at radius 3 is 2.10 bits per heavy atom. The lowest BCUT2D eigenvalue weighted by Gasteiger charge is -2.55. The van der Waals surface area contributed by atoms with Crippen LogP contribution in [0, 0.1) is 5.41 Å². The van der Waals surface area contributed by atoms with E-state index < -0.39 is 23.2 Å². The fourth-order valence-electron chi connectivity index (χ4n) is 3.68. The van der Waals surface area contributed by atoms with Crippen LogP contribution in [0.15, 0.2) is 0 Å². The third-order valence-electron chi connectivity index (χ3n) is 4.42. The Hall–Kier alpha value is -1.26. The van der Waals surface area contributed by atoms with Crippen molar-refractivity contribution in [1.82, 2.24) is 5.32 Å². The quantitative estimate of drug-likeness (QED) is 0.816. The Labute approximate surface area is 120 Å². The van der Waals surface area contributed by atoms with Gasteiger partial charge in [0.05, 0.1) is 0 Å². The van der Waals surface area contributed by atoms with Crippen molar-refractivity contribution in [2.24, 2.45) is 5.41 Å². The predicted molar refractivity (Wildman–Crippen MR) is 74.5 cm³/mol. The molecule has 0 aromatic rings. The molecule has 20 heavy (non-hydrogen) atoms. The van der Waals surface area contributed by atoms with Crippen molar-refractivity contribution >= 4 is 12.1 Å². The Balaban J connectivity index is 1.99. The molecule has 2 rings (SSSR count). The summed E-state index contributed by atoms with van der Waals surface area (Å²) in [6, 6.07) is 0. The molecule has 0 heterocycles. The summed E-state index contributed by atoms with van der Waals surface area (Å²) in [4.78, 5) is 23.4. The van der Waals surface area contributed by atoms with Crippen molar-refractivity contribution in [3.8, 4) is 0 Å². The van der Waals surface area contributed by atoms with E-state index in [1.165, 1.54) is 19.3 Å². The van der Waals surface area contributed by atoms with Gasteiger partial charge in [0.1, 0.15) is 11.1 Å². The van der Waals surface area contributed by atoms with Gasteiger partial charge in [0, 0.05) is 0 Å². The number of alkyl carbamates (subject to hydrolysis) is 1. The van der Waals surface area contributed by atoms with Crippen LogP contribution >= 0.6 is 0 Å². The van der Waals surface area contributed by atoms with E-state index in [2.05, 4.69) is 5.32 Å². The van der Waals surface area contributed by atoms with Gasteiger partial charge in [0.2, 0.25) is 0 Å². The summed E-state index contributed by atoms with van der Waals surface area (Å²) in [7, 11) is 0. The molecule has 2 saturated carbocycles. The molecule has 0 saturated heterocycles. The van der Waals surface area contributed by atoms with Crippen LogP contribution in [0.25, 0.3) is 0 Å². The number of carboxylic acids is 1. The minimum atomic E-state index is -1.13. The van der Waals surface area contributed by atoms with E-state index in [0.717, 1.165) is 12.8 Å². The van der Waals surface area contributed by atoms with Gasteiger partial charge in [-0.15, -0.1) is 0 Å². The molecule has 0 bridgehead atoms. The molecule has 2 aliphatic carbocycles. The fraction of sp³-hybridized carbons (Fsp3) is 0.867. The molecular formula is C15H25NO4. The second-order valence-corrected chi connectivity index (χ2v) is 7.43. The van der Waals surface area contributed by atoms with Gasteiger partial charge >= 0.3 is 12.1 Å². The first kappa shape index (κ1) is 15.1. The van der Waals surface area contributed by atoms with Crippen LogP contribution in [0.1, 0.15) is 65.7 Å². The van der Waals surface area contributed by atoms with E-state index in [1.807, 2.05) is 0 Å². The number of hydrogen-bond acceptors (Lipinski definition) is 3. The zero-order valence-electron chi connectivity index (χ0n) is 12.6. The second-order valence-electron chi connectivity index (χ2n) is 7.43. The lowest BCUT2D eigenvalue weighted by molar-refractivity contribution is -0.158. The SMILES string of the molecule is CC(C)(C)OC(=O)NC1(C(=O)O)CC2(CCCCC2)C1. The van der Waals surface area contributed by atoms with Crippen LogP contribution in [0.5, 0.6) is 0 Å². The summed E-state index contributed by atoms with van der Waals surface area (Å²) >= 11 is 0. The van der Waals surface area contributed by atoms with E-state index in [-0.39, 0.29) is 5.41 Å². The lowest BCUT2D eigenvalue weighted by atomic mass is 9.52. The summed E-state index contributed by atoms with van der Waals surface area (Å²) in [5.74, 6) is -0.945. The number of aliphatic carboxylic acids is 1. The molecule has 5 nitrogen and oxygen atoms in total. The third-order valence-corrected chi connectivity index (χ3v) is 4.42. The number of carboxylic acid groups (broad SMARTS) is 1. The highest BCUT2D eigenvalue weighted by Gasteiger charge is 2.60. The lowest BCUT2D eigenvalue weighted by Crippen LogP contribution is -2.67. The minimum absolute atomic E-state index is 0.131. The van der Waals surface area contributed by atoms with Gasteiger partial charge in [-0.3, -0.25) is 0 Å². The summed E-state index contributed by atoms with van der Waals surface area (Å²) in [5.41, 5.74) is -1.61. The second kappa shape index (κ2) is 4.93. The number of nitrogens with one attached hydrogen (secondary N) is 1. The van der Waals surface area contributed by atoms with E-state index in [4.69, 9.17) is 4.74 Å². The van der Waals surface area contributed by atoms with Gasteiger partial charge in [-0.1, -0.05) is 19.3 Å². The molecule has 1 spiro atoms. The highest BCUT2D eigenvalue weighted by molar-refractivity contribution is 5.86. The molecule has 0 radical (unpaired) electrons. The standard InChI is InChI=1S/C15H25NO4/c1-13(2,3)20-12(19)16-15(11(17)18)9-14(10-15)7-5-4-6-8-14/h4-10H2,1-3H3,(H,16,19)(H,17,18). The summed E-state index contributed by atoms with van der Waals surface area (Å²) in [6.07, 6.45) is 6.18. The normalized spacial score (nSPS) is 23.8. The van der Waals surface area contributed by atoms with Crippen molar-refractivity contribution in [2.75, 3.05) is 0 Å². The van der Waals surface area contributed by atoms with Crippen molar-refractivity contribution in [3.05, 3.63) is 0 Å². The maximum Gasteiger partial charge on any atom is 0.408 e. The zero-order valence-corrected chi connectivity index (χ0v) is 12.6. The van der Waals surface area contributed by atoms with Crippen LogP contribution in [-0.2, 0) is 9.53 Å². The first-order valence-corrected chi connectivity index (χ1v) is 7.41. The molecule has 0 unspecified atom stereocenters. The maximum atomic E-state index is 11.8. The number of ether oxygens (including phenoxy) is 1. The fourth-order valence-corrected chi connectivity index (χ4v) is 3.68. The van der Waals surface area contributed by atoms with Crippen molar-refractivity contribution in [2.45, 2.75) is 76.9 Å². The van der Waals surface area contributed by atoms with Gasteiger partial charge in [-0.05, 0) is 51.9 Å². The van der Waals surface area contributed by atoms with Crippen LogP contribution in [-0.4, -0.2) is 28.3 Å². The highest BCUT2D eigenvalue weighted by Crippen LogP contribution is 2.56. The first-order chi connectivity index (χ1) is 9.17. The topological polar surface area (TPSA) is 75.6 Å². The number of amides is 1. The average Bonchev–Trinajstić information content (AvgIpc) is 2.24. The summed E-state index contributed by atoms with van der Waals surface area (Å²) in [6.45, 7) is 5.30. The Morgan fingerprint density at radius 1 is 1.10 bits per heavy atom. The molecule has 0 aromatic carbocycles. The van der Waals surface area contributed by atoms with E-state index in [9.17, 15) is 14.7 Å². The summed E-state index contributed by atoms with van der Waals surface area (Å²) in [5, 5.41) is 12.1. The van der Waals surface area contributed by atoms with Crippen LogP contribution in [0.3, 0.4) is 0 Å². The molecule has 0 atom stereocenters.